The second-order valence-electron chi connectivity index (χ2n) is 5.23. The van der Waals surface area contributed by atoms with Gasteiger partial charge in [-0.15, -0.1) is 0 Å². The minimum absolute atomic E-state index is 0.0471. The fraction of sp³-hybridized carbons (Fsp3) is 0. The fourth-order valence-corrected chi connectivity index (χ4v) is 3.75. The maximum absolute atomic E-state index is 12.7. The van der Waals surface area contributed by atoms with Crippen molar-refractivity contribution >= 4 is 50.7 Å². The number of fused-ring (bicyclic) bond motifs is 3. The number of thiazole rings is 1. The molecule has 0 unspecified atom stereocenters. The summed E-state index contributed by atoms with van der Waals surface area (Å²) in [6, 6.07) is 9.29. The average Bonchev–Trinajstić information content (AvgIpc) is 3.06. The molecule has 2 aromatic heterocycles. The molecule has 0 saturated heterocycles. The molecule has 0 aliphatic rings. The number of imidazole rings is 1. The standard InChI is InChI=1S/C16H8ClN3O4S/c17-9-7-13(21)12(20(23)24)5-8(9)6-14-15(22)19-11-4-2-1-3-10(11)18-16(19)25-14/h1-7,21H/p-1/b14-6-. The van der Waals surface area contributed by atoms with Crippen LogP contribution in [0.3, 0.4) is 0 Å². The molecule has 2 heterocycles. The van der Waals surface area contributed by atoms with Crippen molar-refractivity contribution in [2.45, 2.75) is 0 Å². The number of rotatable bonds is 2. The van der Waals surface area contributed by atoms with E-state index in [2.05, 4.69) is 4.98 Å². The Morgan fingerprint density at radius 3 is 2.80 bits per heavy atom. The maximum Gasteiger partial charge on any atom is 0.274 e. The summed E-state index contributed by atoms with van der Waals surface area (Å²) >= 11 is 7.15. The third kappa shape index (κ3) is 2.43. The van der Waals surface area contributed by atoms with Gasteiger partial charge in [0.05, 0.1) is 20.5 Å². The number of halogens is 1. The molecular weight excluding hydrogens is 366 g/mol. The van der Waals surface area contributed by atoms with Crippen molar-refractivity contribution in [1.29, 1.82) is 0 Å². The van der Waals surface area contributed by atoms with Crippen LogP contribution in [-0.4, -0.2) is 14.3 Å². The molecule has 9 heteroatoms. The molecule has 0 saturated carbocycles. The molecule has 2 aromatic carbocycles. The van der Waals surface area contributed by atoms with Gasteiger partial charge in [-0.05, 0) is 30.0 Å². The quantitative estimate of drug-likeness (QED) is 0.396. The Balaban J connectivity index is 1.99. The summed E-state index contributed by atoms with van der Waals surface area (Å²) in [5.74, 6) is -0.776. The van der Waals surface area contributed by atoms with Crippen molar-refractivity contribution in [2.24, 2.45) is 0 Å². The highest BCUT2D eigenvalue weighted by molar-refractivity contribution is 7.15. The second kappa shape index (κ2) is 5.54. The van der Waals surface area contributed by atoms with Crippen molar-refractivity contribution in [3.63, 3.8) is 0 Å². The second-order valence-corrected chi connectivity index (χ2v) is 6.65. The third-order valence-electron chi connectivity index (χ3n) is 3.71. The highest BCUT2D eigenvalue weighted by atomic mass is 35.5. The largest absolute Gasteiger partial charge is 0.868 e. The number of hydrogen-bond acceptors (Lipinski definition) is 6. The van der Waals surface area contributed by atoms with Gasteiger partial charge in [0.2, 0.25) is 0 Å². The van der Waals surface area contributed by atoms with Gasteiger partial charge in [0, 0.05) is 16.7 Å². The predicted octanol–water partition coefficient (Wildman–Crippen LogP) is 2.09. The topological polar surface area (TPSA) is 101 Å². The number of para-hydroxylation sites is 2. The molecule has 0 fully saturated rings. The number of nitro benzene ring substituents is 1. The van der Waals surface area contributed by atoms with Crippen molar-refractivity contribution in [2.75, 3.05) is 0 Å². The van der Waals surface area contributed by atoms with Crippen LogP contribution in [0.25, 0.3) is 22.1 Å². The first-order valence-corrected chi connectivity index (χ1v) is 8.22. The van der Waals surface area contributed by atoms with Crippen LogP contribution in [0, 0.1) is 10.1 Å². The van der Waals surface area contributed by atoms with Crippen molar-refractivity contribution in [3.05, 3.63) is 72.0 Å². The molecule has 4 rings (SSSR count). The van der Waals surface area contributed by atoms with Crippen LogP contribution in [0.15, 0.2) is 41.2 Å². The van der Waals surface area contributed by atoms with E-state index < -0.39 is 16.4 Å². The van der Waals surface area contributed by atoms with Gasteiger partial charge in [0.25, 0.3) is 11.2 Å². The van der Waals surface area contributed by atoms with E-state index in [0.717, 1.165) is 23.5 Å². The Bertz CT molecular complexity index is 1280. The lowest BCUT2D eigenvalue weighted by Crippen LogP contribution is -2.22. The van der Waals surface area contributed by atoms with Gasteiger partial charge in [-0.1, -0.05) is 35.1 Å². The molecule has 25 heavy (non-hydrogen) atoms. The van der Waals surface area contributed by atoms with Crippen LogP contribution in [0.2, 0.25) is 5.02 Å². The van der Waals surface area contributed by atoms with Crippen LogP contribution in [0.4, 0.5) is 5.69 Å². The van der Waals surface area contributed by atoms with E-state index in [-0.39, 0.29) is 16.1 Å². The van der Waals surface area contributed by atoms with E-state index in [9.17, 15) is 20.0 Å². The predicted molar refractivity (Wildman–Crippen MR) is 93.2 cm³/mol. The maximum atomic E-state index is 12.7. The van der Waals surface area contributed by atoms with Crippen LogP contribution in [0.1, 0.15) is 5.56 Å². The molecule has 0 N–H and O–H groups in total. The number of hydrogen-bond donors (Lipinski definition) is 0. The van der Waals surface area contributed by atoms with Gasteiger partial charge in [0.1, 0.15) is 0 Å². The summed E-state index contributed by atoms with van der Waals surface area (Å²) in [6.07, 6.45) is 1.44. The van der Waals surface area contributed by atoms with Gasteiger partial charge in [-0.3, -0.25) is 14.9 Å². The minimum Gasteiger partial charge on any atom is -0.868 e. The highest BCUT2D eigenvalue weighted by Gasteiger charge is 2.13. The zero-order chi connectivity index (χ0) is 17.7. The Labute approximate surface area is 148 Å². The molecular formula is C16H7ClN3O4S-. The van der Waals surface area contributed by atoms with E-state index >= 15 is 0 Å². The van der Waals surface area contributed by atoms with Gasteiger partial charge in [-0.25, -0.2) is 9.38 Å². The number of nitro groups is 1. The summed E-state index contributed by atoms with van der Waals surface area (Å²) < 4.78 is 1.80. The molecule has 0 aliphatic heterocycles. The Kier molecular flexibility index (Phi) is 3.45. The molecule has 4 aromatic rings. The number of benzene rings is 2. The van der Waals surface area contributed by atoms with Crippen molar-refractivity contribution < 1.29 is 10.0 Å². The van der Waals surface area contributed by atoms with Crippen LogP contribution >= 0.6 is 22.9 Å². The first-order chi connectivity index (χ1) is 12.0. The van der Waals surface area contributed by atoms with Crippen LogP contribution in [-0.2, 0) is 0 Å². The highest BCUT2D eigenvalue weighted by Crippen LogP contribution is 2.30. The lowest BCUT2D eigenvalue weighted by atomic mass is 10.2. The van der Waals surface area contributed by atoms with E-state index in [1.807, 2.05) is 18.2 Å². The molecule has 124 valence electrons. The normalized spacial score (nSPS) is 12.3. The van der Waals surface area contributed by atoms with Crippen molar-refractivity contribution in [3.8, 4) is 5.75 Å². The molecule has 0 amide bonds. The molecule has 7 nitrogen and oxygen atoms in total. The first kappa shape index (κ1) is 15.6. The van der Waals surface area contributed by atoms with Gasteiger partial charge in [0.15, 0.2) is 4.96 Å². The molecule has 0 aliphatic carbocycles. The average molecular weight is 373 g/mol. The number of aromatic nitrogens is 2. The van der Waals surface area contributed by atoms with Gasteiger partial charge < -0.3 is 5.11 Å². The van der Waals surface area contributed by atoms with Gasteiger partial charge >= 0.3 is 0 Å². The molecule has 0 radical (unpaired) electrons. The third-order valence-corrected chi connectivity index (χ3v) is 5.00. The van der Waals surface area contributed by atoms with E-state index in [4.69, 9.17) is 11.6 Å². The van der Waals surface area contributed by atoms with E-state index in [1.165, 1.54) is 10.5 Å². The monoisotopic (exact) mass is 372 g/mol. The summed E-state index contributed by atoms with van der Waals surface area (Å²) in [7, 11) is 0. The Morgan fingerprint density at radius 1 is 1.28 bits per heavy atom. The van der Waals surface area contributed by atoms with E-state index in [0.29, 0.717) is 20.5 Å². The zero-order valence-corrected chi connectivity index (χ0v) is 13.9. The van der Waals surface area contributed by atoms with Crippen LogP contribution in [0.5, 0.6) is 5.75 Å². The van der Waals surface area contributed by atoms with Crippen LogP contribution < -0.4 is 15.2 Å². The molecule has 0 atom stereocenters. The summed E-state index contributed by atoms with van der Waals surface area (Å²) in [4.78, 5) is 27.7. The van der Waals surface area contributed by atoms with E-state index in [1.54, 1.807) is 6.07 Å². The summed E-state index contributed by atoms with van der Waals surface area (Å²) in [5, 5.41) is 22.6. The first-order valence-electron chi connectivity index (χ1n) is 7.02. The fourth-order valence-electron chi connectivity index (χ4n) is 2.57. The molecule has 0 bridgehead atoms. The Hall–Kier alpha value is -2.97. The molecule has 0 spiro atoms. The lowest BCUT2D eigenvalue weighted by molar-refractivity contribution is -0.398. The number of nitrogens with zero attached hydrogens (tertiary/aromatic N) is 3. The lowest BCUT2D eigenvalue weighted by Gasteiger charge is -2.08. The summed E-state index contributed by atoms with van der Waals surface area (Å²) in [5.41, 5.74) is 0.750. The minimum atomic E-state index is -0.776. The zero-order valence-electron chi connectivity index (χ0n) is 12.3. The Morgan fingerprint density at radius 2 is 2.04 bits per heavy atom. The smallest absolute Gasteiger partial charge is 0.274 e. The van der Waals surface area contributed by atoms with Gasteiger partial charge in [-0.2, -0.15) is 0 Å². The van der Waals surface area contributed by atoms with Crippen molar-refractivity contribution in [1.82, 2.24) is 9.38 Å². The summed E-state index contributed by atoms with van der Waals surface area (Å²) in [6.45, 7) is 0. The SMILES string of the molecule is O=c1/c(=C/c2cc([N+](=O)[O-])c([O-])cc2Cl)sc2nc3ccccc3n12.